The number of hydrogen-bond donors (Lipinski definition) is 3. The van der Waals surface area contributed by atoms with Gasteiger partial charge in [-0.3, -0.25) is 0 Å². The maximum absolute atomic E-state index is 12.1. The van der Waals surface area contributed by atoms with E-state index in [2.05, 4.69) is 15.6 Å². The van der Waals surface area contributed by atoms with Gasteiger partial charge in [0.2, 0.25) is 0 Å². The SMILES string of the molecule is CC(NC(=O)NC1CCC(O)CC1)c1nc(-c2ccccc2)cs1. The van der Waals surface area contributed by atoms with Crippen molar-refractivity contribution in [2.75, 3.05) is 0 Å². The molecule has 1 aliphatic carbocycles. The van der Waals surface area contributed by atoms with Gasteiger partial charge in [0.05, 0.1) is 17.8 Å². The number of hydrogen-bond acceptors (Lipinski definition) is 4. The fourth-order valence-corrected chi connectivity index (χ4v) is 3.77. The highest BCUT2D eigenvalue weighted by molar-refractivity contribution is 7.10. The number of carbonyl (C=O) groups excluding carboxylic acids is 1. The van der Waals surface area contributed by atoms with Crippen molar-refractivity contribution in [1.82, 2.24) is 15.6 Å². The Morgan fingerprint density at radius 3 is 2.67 bits per heavy atom. The van der Waals surface area contributed by atoms with Crippen molar-refractivity contribution in [3.63, 3.8) is 0 Å². The zero-order chi connectivity index (χ0) is 16.9. The lowest BCUT2D eigenvalue weighted by atomic mass is 9.93. The van der Waals surface area contributed by atoms with Crippen LogP contribution in [-0.2, 0) is 0 Å². The summed E-state index contributed by atoms with van der Waals surface area (Å²) in [6.07, 6.45) is 2.97. The molecule has 2 amide bonds. The molecule has 1 aromatic carbocycles. The third-order valence-corrected chi connectivity index (χ3v) is 5.37. The lowest BCUT2D eigenvalue weighted by Gasteiger charge is -2.26. The smallest absolute Gasteiger partial charge is 0.315 e. The summed E-state index contributed by atoms with van der Waals surface area (Å²) in [4.78, 5) is 16.8. The summed E-state index contributed by atoms with van der Waals surface area (Å²) in [6.45, 7) is 1.94. The zero-order valence-electron chi connectivity index (χ0n) is 13.7. The first-order chi connectivity index (χ1) is 11.6. The van der Waals surface area contributed by atoms with Crippen LogP contribution in [0.1, 0.15) is 43.7 Å². The van der Waals surface area contributed by atoms with Crippen LogP contribution < -0.4 is 10.6 Å². The number of carbonyl (C=O) groups is 1. The van der Waals surface area contributed by atoms with E-state index in [9.17, 15) is 9.90 Å². The van der Waals surface area contributed by atoms with Crippen LogP contribution in [0, 0.1) is 0 Å². The third kappa shape index (κ3) is 4.33. The van der Waals surface area contributed by atoms with Gasteiger partial charge in [-0.2, -0.15) is 0 Å². The fourth-order valence-electron chi connectivity index (χ4n) is 2.93. The molecule has 3 N–H and O–H groups in total. The van der Waals surface area contributed by atoms with E-state index in [4.69, 9.17) is 0 Å². The van der Waals surface area contributed by atoms with Crippen LogP contribution in [-0.4, -0.2) is 28.3 Å². The number of aliphatic hydroxyl groups is 1. The minimum Gasteiger partial charge on any atom is -0.393 e. The molecule has 128 valence electrons. The average Bonchev–Trinajstić information content (AvgIpc) is 3.08. The molecule has 1 aliphatic rings. The first-order valence-corrected chi connectivity index (χ1v) is 9.25. The number of nitrogens with zero attached hydrogens (tertiary/aromatic N) is 1. The van der Waals surface area contributed by atoms with E-state index in [0.29, 0.717) is 0 Å². The number of amides is 2. The summed E-state index contributed by atoms with van der Waals surface area (Å²) >= 11 is 1.55. The van der Waals surface area contributed by atoms with Gasteiger partial charge in [-0.05, 0) is 32.6 Å². The van der Waals surface area contributed by atoms with Gasteiger partial charge in [-0.1, -0.05) is 30.3 Å². The van der Waals surface area contributed by atoms with Crippen LogP contribution in [0.3, 0.4) is 0 Å². The fraction of sp³-hybridized carbons (Fsp3) is 0.444. The molecule has 1 unspecified atom stereocenters. The Morgan fingerprint density at radius 1 is 1.25 bits per heavy atom. The Balaban J connectivity index is 1.54. The second-order valence-electron chi connectivity index (χ2n) is 6.28. The number of aromatic nitrogens is 1. The number of rotatable bonds is 4. The van der Waals surface area contributed by atoms with Crippen molar-refractivity contribution in [3.8, 4) is 11.3 Å². The molecule has 1 saturated carbocycles. The van der Waals surface area contributed by atoms with Crippen molar-refractivity contribution in [2.24, 2.45) is 0 Å². The van der Waals surface area contributed by atoms with E-state index in [-0.39, 0.29) is 24.2 Å². The van der Waals surface area contributed by atoms with Crippen molar-refractivity contribution in [3.05, 3.63) is 40.7 Å². The predicted molar refractivity (Wildman–Crippen MR) is 95.9 cm³/mol. The van der Waals surface area contributed by atoms with Crippen LogP contribution in [0.25, 0.3) is 11.3 Å². The van der Waals surface area contributed by atoms with Gasteiger partial charge in [-0.15, -0.1) is 11.3 Å². The maximum Gasteiger partial charge on any atom is 0.315 e. The van der Waals surface area contributed by atoms with E-state index < -0.39 is 0 Å². The highest BCUT2D eigenvalue weighted by Gasteiger charge is 2.22. The Labute approximate surface area is 146 Å². The van der Waals surface area contributed by atoms with Gasteiger partial charge in [0.25, 0.3) is 0 Å². The molecule has 24 heavy (non-hydrogen) atoms. The lowest BCUT2D eigenvalue weighted by molar-refractivity contribution is 0.117. The summed E-state index contributed by atoms with van der Waals surface area (Å²) in [7, 11) is 0. The van der Waals surface area contributed by atoms with Crippen molar-refractivity contribution in [1.29, 1.82) is 0 Å². The summed E-state index contributed by atoms with van der Waals surface area (Å²) in [6, 6.07) is 9.87. The van der Waals surface area contributed by atoms with Crippen molar-refractivity contribution >= 4 is 17.4 Å². The largest absolute Gasteiger partial charge is 0.393 e. The highest BCUT2D eigenvalue weighted by atomic mass is 32.1. The molecule has 0 aliphatic heterocycles. The summed E-state index contributed by atoms with van der Waals surface area (Å²) in [5, 5.41) is 18.4. The number of nitrogens with one attached hydrogen (secondary N) is 2. The normalized spacial score (nSPS) is 21.9. The molecule has 1 fully saturated rings. The minimum atomic E-state index is -0.211. The molecular weight excluding hydrogens is 322 g/mol. The van der Waals surface area contributed by atoms with Gasteiger partial charge in [0, 0.05) is 17.0 Å². The monoisotopic (exact) mass is 345 g/mol. The molecule has 1 aromatic heterocycles. The van der Waals surface area contributed by atoms with E-state index >= 15 is 0 Å². The van der Waals surface area contributed by atoms with Gasteiger partial charge in [0.1, 0.15) is 5.01 Å². The molecular formula is C18H23N3O2S. The Kier molecular flexibility index (Phi) is 5.48. The van der Waals surface area contributed by atoms with Crippen LogP contribution in [0.5, 0.6) is 0 Å². The van der Waals surface area contributed by atoms with Crippen LogP contribution >= 0.6 is 11.3 Å². The van der Waals surface area contributed by atoms with E-state index in [1.807, 2.05) is 42.6 Å². The molecule has 5 nitrogen and oxygen atoms in total. The van der Waals surface area contributed by atoms with Gasteiger partial charge in [-0.25, -0.2) is 9.78 Å². The molecule has 0 saturated heterocycles. The predicted octanol–water partition coefficient (Wildman–Crippen LogP) is 3.47. The van der Waals surface area contributed by atoms with E-state index in [1.54, 1.807) is 11.3 Å². The summed E-state index contributed by atoms with van der Waals surface area (Å²) in [5.74, 6) is 0. The van der Waals surface area contributed by atoms with E-state index in [0.717, 1.165) is 41.9 Å². The standard InChI is InChI=1S/C18H23N3O2S/c1-12(19-18(23)20-14-7-9-15(22)10-8-14)17-21-16(11-24-17)13-5-3-2-4-6-13/h2-6,11-12,14-15,22H,7-10H2,1H3,(H2,19,20,23). The first-order valence-electron chi connectivity index (χ1n) is 8.38. The topological polar surface area (TPSA) is 74.2 Å². The number of benzene rings is 1. The van der Waals surface area contributed by atoms with Crippen molar-refractivity contribution < 1.29 is 9.90 Å². The lowest BCUT2D eigenvalue weighted by Crippen LogP contribution is -2.44. The second-order valence-corrected chi connectivity index (χ2v) is 7.17. The molecule has 0 spiro atoms. The molecule has 3 rings (SSSR count). The average molecular weight is 345 g/mol. The molecule has 0 radical (unpaired) electrons. The van der Waals surface area contributed by atoms with E-state index in [1.165, 1.54) is 0 Å². The quantitative estimate of drug-likeness (QED) is 0.794. The number of urea groups is 1. The molecule has 0 bridgehead atoms. The summed E-state index contributed by atoms with van der Waals surface area (Å²) < 4.78 is 0. The van der Waals surface area contributed by atoms with Crippen LogP contribution in [0.15, 0.2) is 35.7 Å². The molecule has 1 atom stereocenters. The molecule has 1 heterocycles. The third-order valence-electron chi connectivity index (χ3n) is 4.34. The van der Waals surface area contributed by atoms with Crippen LogP contribution in [0.4, 0.5) is 4.79 Å². The summed E-state index contributed by atoms with van der Waals surface area (Å²) in [5.41, 5.74) is 2.02. The maximum atomic E-state index is 12.1. The Bertz CT molecular complexity index is 666. The van der Waals surface area contributed by atoms with Gasteiger partial charge >= 0.3 is 6.03 Å². The second kappa shape index (κ2) is 7.77. The van der Waals surface area contributed by atoms with Gasteiger partial charge in [0.15, 0.2) is 0 Å². The minimum absolute atomic E-state index is 0.137. The van der Waals surface area contributed by atoms with Crippen LogP contribution in [0.2, 0.25) is 0 Å². The molecule has 2 aromatic rings. The first kappa shape index (κ1) is 16.9. The van der Waals surface area contributed by atoms with Crippen molar-refractivity contribution in [2.45, 2.75) is 50.8 Å². The molecule has 6 heteroatoms. The van der Waals surface area contributed by atoms with Gasteiger partial charge < -0.3 is 15.7 Å². The highest BCUT2D eigenvalue weighted by Crippen LogP contribution is 2.25. The zero-order valence-corrected chi connectivity index (χ0v) is 14.6. The Hall–Kier alpha value is -1.92. The number of aliphatic hydroxyl groups excluding tert-OH is 1. The number of thiazole rings is 1. The Morgan fingerprint density at radius 2 is 1.96 bits per heavy atom.